The van der Waals surface area contributed by atoms with Crippen LogP contribution >= 0.6 is 0 Å². The highest BCUT2D eigenvalue weighted by atomic mass is 19.1. The van der Waals surface area contributed by atoms with Crippen LogP contribution in [0.15, 0.2) is 12.1 Å². The maximum Gasteiger partial charge on any atom is 0.148 e. The van der Waals surface area contributed by atoms with Gasteiger partial charge in [0.25, 0.3) is 0 Å². The van der Waals surface area contributed by atoms with Crippen molar-refractivity contribution >= 4 is 11.4 Å². The molecule has 2 aliphatic rings. The Hall–Kier alpha value is -1.53. The number of nitrogens with two attached hydrogens (primary N) is 1. The summed E-state index contributed by atoms with van der Waals surface area (Å²) in [6.07, 6.45) is 2.56. The maximum absolute atomic E-state index is 13.9. The van der Waals surface area contributed by atoms with Gasteiger partial charge in [-0.3, -0.25) is 4.90 Å². The van der Waals surface area contributed by atoms with Crippen LogP contribution in [0.4, 0.5) is 15.8 Å². The molecule has 21 heavy (non-hydrogen) atoms. The monoisotopic (exact) mass is 295 g/mol. The van der Waals surface area contributed by atoms with E-state index in [0.717, 1.165) is 19.7 Å². The molecule has 116 valence electrons. The zero-order valence-corrected chi connectivity index (χ0v) is 12.3. The number of rotatable bonds is 4. The molecule has 1 aromatic rings. The number of benzene rings is 1. The van der Waals surface area contributed by atoms with Crippen molar-refractivity contribution < 1.29 is 13.9 Å². The van der Waals surface area contributed by atoms with E-state index in [1.807, 2.05) is 0 Å². The van der Waals surface area contributed by atoms with E-state index in [-0.39, 0.29) is 11.9 Å². The number of nitrogens with zero attached hydrogens (tertiary/aromatic N) is 1. The second-order valence-electron chi connectivity index (χ2n) is 5.70. The largest absolute Gasteiger partial charge is 0.495 e. The van der Waals surface area contributed by atoms with E-state index in [0.29, 0.717) is 29.7 Å². The Morgan fingerprint density at radius 2 is 2.38 bits per heavy atom. The molecule has 0 spiro atoms. The molecule has 2 saturated heterocycles. The van der Waals surface area contributed by atoms with Crippen molar-refractivity contribution in [2.45, 2.75) is 25.0 Å². The van der Waals surface area contributed by atoms with Crippen molar-refractivity contribution in [2.75, 3.05) is 44.4 Å². The molecule has 6 heteroatoms. The SMILES string of the molecule is COc1cc(NCC2CN3CCCC3CO2)c(F)cc1N. The van der Waals surface area contributed by atoms with Crippen LogP contribution in [0, 0.1) is 5.82 Å². The van der Waals surface area contributed by atoms with Gasteiger partial charge in [-0.2, -0.15) is 0 Å². The molecule has 3 rings (SSSR count). The summed E-state index contributed by atoms with van der Waals surface area (Å²) in [6.45, 7) is 3.41. The van der Waals surface area contributed by atoms with E-state index in [9.17, 15) is 4.39 Å². The summed E-state index contributed by atoms with van der Waals surface area (Å²) < 4.78 is 24.9. The Morgan fingerprint density at radius 1 is 1.52 bits per heavy atom. The quantitative estimate of drug-likeness (QED) is 0.828. The normalized spacial score (nSPS) is 25.6. The lowest BCUT2D eigenvalue weighted by Gasteiger charge is -2.35. The lowest BCUT2D eigenvalue weighted by molar-refractivity contribution is -0.0415. The van der Waals surface area contributed by atoms with E-state index < -0.39 is 0 Å². The third-order valence-corrected chi connectivity index (χ3v) is 4.30. The van der Waals surface area contributed by atoms with Gasteiger partial charge in [0.15, 0.2) is 0 Å². The van der Waals surface area contributed by atoms with Crippen LogP contribution in [0.2, 0.25) is 0 Å². The maximum atomic E-state index is 13.9. The van der Waals surface area contributed by atoms with Crippen LogP contribution in [0.5, 0.6) is 5.75 Å². The summed E-state index contributed by atoms with van der Waals surface area (Å²) >= 11 is 0. The lowest BCUT2D eigenvalue weighted by Crippen LogP contribution is -2.48. The van der Waals surface area contributed by atoms with Crippen molar-refractivity contribution in [2.24, 2.45) is 0 Å². The fourth-order valence-corrected chi connectivity index (χ4v) is 3.11. The smallest absolute Gasteiger partial charge is 0.148 e. The van der Waals surface area contributed by atoms with Crippen molar-refractivity contribution in [1.82, 2.24) is 4.90 Å². The zero-order valence-electron chi connectivity index (χ0n) is 12.3. The standard InChI is InChI=1S/C15H22FN3O2/c1-20-15-6-14(12(16)5-13(15)17)18-7-11-8-19-4-2-3-10(19)9-21-11/h5-6,10-11,18H,2-4,7-9,17H2,1H3. The average molecular weight is 295 g/mol. The first-order valence-corrected chi connectivity index (χ1v) is 7.40. The highest BCUT2D eigenvalue weighted by molar-refractivity contribution is 5.62. The number of methoxy groups -OCH3 is 1. The summed E-state index contributed by atoms with van der Waals surface area (Å²) in [4.78, 5) is 2.47. The molecule has 2 fully saturated rings. The molecular weight excluding hydrogens is 273 g/mol. The summed E-state index contributed by atoms with van der Waals surface area (Å²) in [5, 5.41) is 3.10. The van der Waals surface area contributed by atoms with Crippen LogP contribution in [-0.2, 0) is 4.74 Å². The molecular formula is C15H22FN3O2. The van der Waals surface area contributed by atoms with Gasteiger partial charge in [0.1, 0.15) is 11.6 Å². The topological polar surface area (TPSA) is 59.8 Å². The van der Waals surface area contributed by atoms with Gasteiger partial charge in [-0.1, -0.05) is 0 Å². The molecule has 5 nitrogen and oxygen atoms in total. The first kappa shape index (κ1) is 14.4. The number of anilines is 2. The molecule has 0 aliphatic carbocycles. The summed E-state index contributed by atoms with van der Waals surface area (Å²) in [6, 6.07) is 3.44. The Labute approximate surface area is 124 Å². The molecule has 0 amide bonds. The van der Waals surface area contributed by atoms with Crippen molar-refractivity contribution in [3.05, 3.63) is 17.9 Å². The van der Waals surface area contributed by atoms with Crippen molar-refractivity contribution in [3.63, 3.8) is 0 Å². The summed E-state index contributed by atoms with van der Waals surface area (Å²) in [5.41, 5.74) is 6.37. The fourth-order valence-electron chi connectivity index (χ4n) is 3.11. The third kappa shape index (κ3) is 3.06. The summed E-state index contributed by atoms with van der Waals surface area (Å²) in [5.74, 6) is 0.103. The van der Waals surface area contributed by atoms with Gasteiger partial charge in [-0.05, 0) is 19.4 Å². The predicted octanol–water partition coefficient (Wildman–Crippen LogP) is 1.69. The highest BCUT2D eigenvalue weighted by Crippen LogP contribution is 2.28. The van der Waals surface area contributed by atoms with Crippen molar-refractivity contribution in [1.29, 1.82) is 0 Å². The van der Waals surface area contributed by atoms with E-state index in [2.05, 4.69) is 10.2 Å². The van der Waals surface area contributed by atoms with E-state index >= 15 is 0 Å². The van der Waals surface area contributed by atoms with Gasteiger partial charge in [0.05, 0.1) is 31.2 Å². The molecule has 0 saturated carbocycles. The van der Waals surface area contributed by atoms with Gasteiger partial charge in [0, 0.05) is 31.3 Å². The van der Waals surface area contributed by atoms with Crippen LogP contribution in [0.1, 0.15) is 12.8 Å². The molecule has 2 unspecified atom stereocenters. The molecule has 2 heterocycles. The van der Waals surface area contributed by atoms with Gasteiger partial charge < -0.3 is 20.5 Å². The second kappa shape index (κ2) is 6.07. The van der Waals surface area contributed by atoms with Crippen LogP contribution in [-0.4, -0.2) is 50.4 Å². The minimum atomic E-state index is -0.372. The number of hydrogen-bond donors (Lipinski definition) is 2. The Kier molecular flexibility index (Phi) is 4.17. The Bertz CT molecular complexity index is 512. The number of hydrogen-bond acceptors (Lipinski definition) is 5. The van der Waals surface area contributed by atoms with Crippen LogP contribution in [0.25, 0.3) is 0 Å². The molecule has 0 radical (unpaired) electrons. The molecule has 1 aromatic carbocycles. The number of ether oxygens (including phenoxy) is 2. The third-order valence-electron chi connectivity index (χ3n) is 4.30. The molecule has 2 atom stereocenters. The van der Waals surface area contributed by atoms with Gasteiger partial charge in [0.2, 0.25) is 0 Å². The highest BCUT2D eigenvalue weighted by Gasteiger charge is 2.32. The second-order valence-corrected chi connectivity index (χ2v) is 5.70. The number of halogens is 1. The van der Waals surface area contributed by atoms with E-state index in [1.54, 1.807) is 6.07 Å². The van der Waals surface area contributed by atoms with E-state index in [4.69, 9.17) is 15.2 Å². The first-order valence-electron chi connectivity index (χ1n) is 7.40. The minimum absolute atomic E-state index is 0.0855. The Balaban J connectivity index is 1.60. The lowest BCUT2D eigenvalue weighted by atomic mass is 10.2. The minimum Gasteiger partial charge on any atom is -0.495 e. The van der Waals surface area contributed by atoms with Crippen LogP contribution in [0.3, 0.4) is 0 Å². The molecule has 0 bridgehead atoms. The van der Waals surface area contributed by atoms with Gasteiger partial charge in [-0.15, -0.1) is 0 Å². The fraction of sp³-hybridized carbons (Fsp3) is 0.600. The number of morpholine rings is 1. The molecule has 3 N–H and O–H groups in total. The number of nitrogens with one attached hydrogen (secondary N) is 1. The summed E-state index contributed by atoms with van der Waals surface area (Å²) in [7, 11) is 1.52. The predicted molar refractivity (Wildman–Crippen MR) is 80.2 cm³/mol. The number of fused-ring (bicyclic) bond motifs is 1. The van der Waals surface area contributed by atoms with E-state index in [1.165, 1.54) is 26.0 Å². The zero-order chi connectivity index (χ0) is 14.8. The van der Waals surface area contributed by atoms with Crippen LogP contribution < -0.4 is 15.8 Å². The molecule has 2 aliphatic heterocycles. The Morgan fingerprint density at radius 3 is 3.19 bits per heavy atom. The number of nitrogen functional groups attached to an aromatic ring is 1. The van der Waals surface area contributed by atoms with Crippen molar-refractivity contribution in [3.8, 4) is 5.75 Å². The molecule has 0 aromatic heterocycles. The van der Waals surface area contributed by atoms with Gasteiger partial charge >= 0.3 is 0 Å². The average Bonchev–Trinajstić information content (AvgIpc) is 2.94. The van der Waals surface area contributed by atoms with Gasteiger partial charge in [-0.25, -0.2) is 4.39 Å². The first-order chi connectivity index (χ1) is 10.2.